The van der Waals surface area contributed by atoms with E-state index >= 15 is 0 Å². The van der Waals surface area contributed by atoms with E-state index in [1.165, 1.54) is 12.3 Å². The minimum Gasteiger partial charge on any atom is -0.503 e. The second kappa shape index (κ2) is 4.16. The van der Waals surface area contributed by atoms with Gasteiger partial charge in [-0.05, 0) is 6.92 Å². The van der Waals surface area contributed by atoms with Crippen LogP contribution in [0.15, 0.2) is 17.1 Å². The molecule has 1 aromatic heterocycles. The Hall–Kier alpha value is -1.78. The van der Waals surface area contributed by atoms with Crippen molar-refractivity contribution in [3.63, 3.8) is 0 Å². The first-order chi connectivity index (χ1) is 6.93. The van der Waals surface area contributed by atoms with Gasteiger partial charge in [-0.15, -0.1) is 0 Å². The SMILES string of the molecule is Cc1c(O)c(=O)ccn1CC(C)C(=O)O. The molecule has 1 unspecified atom stereocenters. The van der Waals surface area contributed by atoms with E-state index < -0.39 is 17.3 Å². The second-order valence-corrected chi connectivity index (χ2v) is 3.51. The first-order valence-corrected chi connectivity index (χ1v) is 4.55. The Morgan fingerprint density at radius 3 is 2.73 bits per heavy atom. The van der Waals surface area contributed by atoms with E-state index in [2.05, 4.69) is 0 Å². The van der Waals surface area contributed by atoms with Crippen LogP contribution in [0.2, 0.25) is 0 Å². The number of aliphatic carboxylic acids is 1. The molecule has 0 aliphatic heterocycles. The molecular formula is C10H13NO4. The molecule has 0 amide bonds. The molecule has 1 aromatic rings. The maximum Gasteiger partial charge on any atom is 0.308 e. The molecule has 0 fully saturated rings. The van der Waals surface area contributed by atoms with Crippen LogP contribution in [-0.2, 0) is 11.3 Å². The van der Waals surface area contributed by atoms with E-state index in [4.69, 9.17) is 5.11 Å². The summed E-state index contributed by atoms with van der Waals surface area (Å²) in [4.78, 5) is 21.7. The fourth-order valence-electron chi connectivity index (χ4n) is 1.23. The summed E-state index contributed by atoms with van der Waals surface area (Å²) in [6, 6.07) is 1.22. The van der Waals surface area contributed by atoms with E-state index in [9.17, 15) is 14.7 Å². The molecule has 1 rings (SSSR count). The molecule has 2 N–H and O–H groups in total. The molecule has 1 heterocycles. The first kappa shape index (κ1) is 11.3. The highest BCUT2D eigenvalue weighted by atomic mass is 16.4. The van der Waals surface area contributed by atoms with Crippen molar-refractivity contribution in [2.75, 3.05) is 0 Å². The lowest BCUT2D eigenvalue weighted by Crippen LogP contribution is -2.19. The fourth-order valence-corrected chi connectivity index (χ4v) is 1.23. The molecule has 82 valence electrons. The largest absolute Gasteiger partial charge is 0.503 e. The number of carboxylic acid groups (broad SMARTS) is 1. The van der Waals surface area contributed by atoms with Crippen molar-refractivity contribution in [1.29, 1.82) is 0 Å². The van der Waals surface area contributed by atoms with Crippen molar-refractivity contribution in [1.82, 2.24) is 4.57 Å². The Labute approximate surface area is 86.6 Å². The Kier molecular flexibility index (Phi) is 3.14. The van der Waals surface area contributed by atoms with Crippen LogP contribution in [0, 0.1) is 12.8 Å². The zero-order chi connectivity index (χ0) is 11.6. The van der Waals surface area contributed by atoms with Crippen LogP contribution in [0.3, 0.4) is 0 Å². The highest BCUT2D eigenvalue weighted by Crippen LogP contribution is 2.11. The number of hydrogen-bond donors (Lipinski definition) is 2. The Morgan fingerprint density at radius 2 is 2.20 bits per heavy atom. The summed E-state index contributed by atoms with van der Waals surface area (Å²) in [5.41, 5.74) is -0.0673. The van der Waals surface area contributed by atoms with Gasteiger partial charge in [0.15, 0.2) is 5.75 Å². The van der Waals surface area contributed by atoms with Crippen molar-refractivity contribution in [2.24, 2.45) is 5.92 Å². The lowest BCUT2D eigenvalue weighted by atomic mass is 10.2. The normalized spacial score (nSPS) is 12.4. The number of carbonyl (C=O) groups is 1. The summed E-state index contributed by atoms with van der Waals surface area (Å²) in [6.07, 6.45) is 1.48. The van der Waals surface area contributed by atoms with Gasteiger partial charge in [0.25, 0.3) is 0 Å². The topological polar surface area (TPSA) is 79.5 Å². The quantitative estimate of drug-likeness (QED) is 0.766. The molecule has 15 heavy (non-hydrogen) atoms. The van der Waals surface area contributed by atoms with Crippen LogP contribution in [0.5, 0.6) is 5.75 Å². The molecule has 0 spiro atoms. The van der Waals surface area contributed by atoms with Crippen molar-refractivity contribution in [2.45, 2.75) is 20.4 Å². The highest BCUT2D eigenvalue weighted by Gasteiger charge is 2.13. The summed E-state index contributed by atoms with van der Waals surface area (Å²) < 4.78 is 1.55. The minimum absolute atomic E-state index is 0.231. The lowest BCUT2D eigenvalue weighted by molar-refractivity contribution is -0.141. The molecule has 0 aliphatic rings. The monoisotopic (exact) mass is 211 g/mol. The highest BCUT2D eigenvalue weighted by molar-refractivity contribution is 5.69. The average Bonchev–Trinajstić information content (AvgIpc) is 2.18. The van der Waals surface area contributed by atoms with Crippen molar-refractivity contribution < 1.29 is 15.0 Å². The molecule has 0 bridgehead atoms. The van der Waals surface area contributed by atoms with Crippen LogP contribution in [0.25, 0.3) is 0 Å². The van der Waals surface area contributed by atoms with Crippen LogP contribution < -0.4 is 5.43 Å². The van der Waals surface area contributed by atoms with Crippen molar-refractivity contribution in [3.8, 4) is 5.75 Å². The van der Waals surface area contributed by atoms with Crippen molar-refractivity contribution >= 4 is 5.97 Å². The molecule has 5 heteroatoms. The van der Waals surface area contributed by atoms with Gasteiger partial charge in [0.2, 0.25) is 5.43 Å². The van der Waals surface area contributed by atoms with E-state index in [1.807, 2.05) is 0 Å². The predicted molar refractivity (Wildman–Crippen MR) is 53.9 cm³/mol. The summed E-state index contributed by atoms with van der Waals surface area (Å²) in [6.45, 7) is 3.37. The van der Waals surface area contributed by atoms with E-state index in [0.29, 0.717) is 5.69 Å². The Balaban J connectivity index is 3.02. The number of carboxylic acids is 1. The van der Waals surface area contributed by atoms with Crippen LogP contribution >= 0.6 is 0 Å². The zero-order valence-electron chi connectivity index (χ0n) is 8.60. The van der Waals surface area contributed by atoms with Crippen LogP contribution in [0.4, 0.5) is 0 Å². The molecule has 0 saturated heterocycles. The molecule has 0 aliphatic carbocycles. The third kappa shape index (κ3) is 2.37. The van der Waals surface area contributed by atoms with Gasteiger partial charge in [-0.3, -0.25) is 9.59 Å². The Bertz CT molecular complexity index is 436. The van der Waals surface area contributed by atoms with E-state index in [1.54, 1.807) is 18.4 Å². The van der Waals surface area contributed by atoms with E-state index in [0.717, 1.165) is 0 Å². The molecule has 0 radical (unpaired) electrons. The zero-order valence-corrected chi connectivity index (χ0v) is 8.60. The first-order valence-electron chi connectivity index (χ1n) is 4.55. The summed E-state index contributed by atoms with van der Waals surface area (Å²) >= 11 is 0. The van der Waals surface area contributed by atoms with Gasteiger partial charge >= 0.3 is 5.97 Å². The number of nitrogens with zero attached hydrogens (tertiary/aromatic N) is 1. The number of hydrogen-bond acceptors (Lipinski definition) is 3. The predicted octanol–water partition coefficient (Wildman–Crippen LogP) is 0.583. The third-order valence-corrected chi connectivity index (χ3v) is 2.30. The van der Waals surface area contributed by atoms with Gasteiger partial charge in [-0.25, -0.2) is 0 Å². The molecule has 1 atom stereocenters. The molecule has 0 aromatic carbocycles. The number of rotatable bonds is 3. The number of aromatic nitrogens is 1. The summed E-state index contributed by atoms with van der Waals surface area (Å²) in [5, 5.41) is 18.1. The lowest BCUT2D eigenvalue weighted by Gasteiger charge is -2.13. The Morgan fingerprint density at radius 1 is 1.60 bits per heavy atom. The van der Waals surface area contributed by atoms with Gasteiger partial charge in [-0.2, -0.15) is 0 Å². The number of aromatic hydroxyl groups is 1. The van der Waals surface area contributed by atoms with Crippen LogP contribution in [0.1, 0.15) is 12.6 Å². The van der Waals surface area contributed by atoms with Gasteiger partial charge in [0.1, 0.15) is 0 Å². The minimum atomic E-state index is -0.910. The van der Waals surface area contributed by atoms with E-state index in [-0.39, 0.29) is 12.3 Å². The molecular weight excluding hydrogens is 198 g/mol. The summed E-state index contributed by atoms with van der Waals surface area (Å²) in [5.74, 6) is -1.80. The summed E-state index contributed by atoms with van der Waals surface area (Å²) in [7, 11) is 0. The standard InChI is InChI=1S/C10H13NO4/c1-6(10(14)15)5-11-4-3-8(12)9(13)7(11)2/h3-4,6,13H,5H2,1-2H3,(H,14,15). The van der Waals surface area contributed by atoms with Gasteiger partial charge < -0.3 is 14.8 Å². The average molecular weight is 211 g/mol. The van der Waals surface area contributed by atoms with Gasteiger partial charge in [0.05, 0.1) is 11.6 Å². The molecule has 0 saturated carbocycles. The third-order valence-electron chi connectivity index (χ3n) is 2.30. The molecule has 5 nitrogen and oxygen atoms in total. The van der Waals surface area contributed by atoms with Gasteiger partial charge in [0, 0.05) is 18.8 Å². The smallest absolute Gasteiger partial charge is 0.308 e. The van der Waals surface area contributed by atoms with Crippen molar-refractivity contribution in [3.05, 3.63) is 28.2 Å². The van der Waals surface area contributed by atoms with Crippen LogP contribution in [-0.4, -0.2) is 20.7 Å². The second-order valence-electron chi connectivity index (χ2n) is 3.51. The van der Waals surface area contributed by atoms with Gasteiger partial charge in [-0.1, -0.05) is 6.92 Å². The number of pyridine rings is 1. The fraction of sp³-hybridized carbons (Fsp3) is 0.400. The maximum atomic E-state index is 11.0. The maximum absolute atomic E-state index is 11.0.